The quantitative estimate of drug-likeness (QED) is 0.382. The highest BCUT2D eigenvalue weighted by Crippen LogP contribution is 2.17. The molecule has 5 nitrogen and oxygen atoms in total. The second-order valence-corrected chi connectivity index (χ2v) is 4.64. The van der Waals surface area contributed by atoms with Gasteiger partial charge in [0.25, 0.3) is 0 Å². The Morgan fingerprint density at radius 2 is 2.21 bits per heavy atom. The van der Waals surface area contributed by atoms with Crippen molar-refractivity contribution in [2.24, 2.45) is 0 Å². The Kier molecular flexibility index (Phi) is 2.69. The van der Waals surface area contributed by atoms with E-state index in [2.05, 4.69) is 9.97 Å². The topological polar surface area (TPSA) is 71.0 Å². The van der Waals surface area contributed by atoms with Gasteiger partial charge in [-0.15, -0.1) is 0 Å². The molecule has 19 heavy (non-hydrogen) atoms. The fraction of sp³-hybridized carbons (Fsp3) is 0.0769. The van der Waals surface area contributed by atoms with Crippen LogP contribution in [0.15, 0.2) is 40.5 Å². The molecule has 92 valence electrons. The van der Waals surface area contributed by atoms with Crippen molar-refractivity contribution in [3.8, 4) is 6.07 Å². The van der Waals surface area contributed by atoms with Gasteiger partial charge in [-0.3, -0.25) is 4.79 Å². The molecule has 0 bridgehead atoms. The number of aromatic nitrogens is 3. The monoisotopic (exact) mass is 268 g/mol. The molecular formula is C13H8N4OS. The van der Waals surface area contributed by atoms with E-state index >= 15 is 0 Å². The van der Waals surface area contributed by atoms with Crippen LogP contribution in [0.2, 0.25) is 0 Å². The number of rotatable bonds is 1. The summed E-state index contributed by atoms with van der Waals surface area (Å²) in [5, 5.41) is 9.71. The SMILES string of the molecule is CSc1ncc2c(n1)c(=O)c(C#N)c1ccccn12. The Bertz CT molecular complexity index is 895. The molecule has 0 saturated carbocycles. The molecule has 3 aromatic heterocycles. The molecule has 6 heteroatoms. The molecule has 3 heterocycles. The molecule has 0 spiro atoms. The second-order valence-electron chi connectivity index (χ2n) is 3.86. The van der Waals surface area contributed by atoms with Crippen molar-refractivity contribution >= 4 is 28.3 Å². The lowest BCUT2D eigenvalue weighted by molar-refractivity contribution is 0.989. The molecular weight excluding hydrogens is 260 g/mol. The fourth-order valence-corrected chi connectivity index (χ4v) is 2.34. The maximum atomic E-state index is 12.3. The summed E-state index contributed by atoms with van der Waals surface area (Å²) in [5.41, 5.74) is 1.22. The Morgan fingerprint density at radius 1 is 1.37 bits per heavy atom. The molecule has 0 unspecified atom stereocenters. The molecule has 3 aromatic rings. The van der Waals surface area contributed by atoms with Gasteiger partial charge in [-0.25, -0.2) is 9.97 Å². The smallest absolute Gasteiger partial charge is 0.226 e. The normalized spacial score (nSPS) is 10.7. The summed E-state index contributed by atoms with van der Waals surface area (Å²) in [7, 11) is 0. The molecule has 3 rings (SSSR count). The minimum Gasteiger partial charge on any atom is -0.312 e. The summed E-state index contributed by atoms with van der Waals surface area (Å²) in [6.07, 6.45) is 5.24. The minimum absolute atomic E-state index is 0.110. The third-order valence-electron chi connectivity index (χ3n) is 2.86. The molecule has 0 aliphatic carbocycles. The van der Waals surface area contributed by atoms with Crippen LogP contribution < -0.4 is 5.43 Å². The number of pyridine rings is 2. The van der Waals surface area contributed by atoms with E-state index in [1.165, 1.54) is 11.8 Å². The number of fused-ring (bicyclic) bond motifs is 3. The van der Waals surface area contributed by atoms with Gasteiger partial charge in [-0.2, -0.15) is 5.26 Å². The van der Waals surface area contributed by atoms with Crippen molar-refractivity contribution in [3.63, 3.8) is 0 Å². The molecule has 0 atom stereocenters. The summed E-state index contributed by atoms with van der Waals surface area (Å²) >= 11 is 1.36. The van der Waals surface area contributed by atoms with Crippen LogP contribution in [-0.2, 0) is 0 Å². The number of hydrogen-bond donors (Lipinski definition) is 0. The Hall–Kier alpha value is -2.39. The van der Waals surface area contributed by atoms with Gasteiger partial charge < -0.3 is 4.40 Å². The van der Waals surface area contributed by atoms with E-state index in [0.29, 0.717) is 16.2 Å². The maximum absolute atomic E-state index is 12.3. The van der Waals surface area contributed by atoms with Gasteiger partial charge in [0.1, 0.15) is 17.1 Å². The van der Waals surface area contributed by atoms with Crippen molar-refractivity contribution in [2.45, 2.75) is 5.16 Å². The zero-order chi connectivity index (χ0) is 13.4. The van der Waals surface area contributed by atoms with Crippen molar-refractivity contribution in [2.75, 3.05) is 6.26 Å². The molecule has 0 aliphatic heterocycles. The summed E-state index contributed by atoms with van der Waals surface area (Å²) < 4.78 is 1.76. The van der Waals surface area contributed by atoms with Crippen molar-refractivity contribution in [1.82, 2.24) is 14.4 Å². The van der Waals surface area contributed by atoms with E-state index in [4.69, 9.17) is 0 Å². The van der Waals surface area contributed by atoms with Gasteiger partial charge in [0.2, 0.25) is 5.43 Å². The van der Waals surface area contributed by atoms with Gasteiger partial charge in [0, 0.05) is 6.20 Å². The summed E-state index contributed by atoms with van der Waals surface area (Å²) in [6, 6.07) is 7.33. The minimum atomic E-state index is -0.346. The van der Waals surface area contributed by atoms with E-state index < -0.39 is 0 Å². The number of nitrogens with zero attached hydrogens (tertiary/aromatic N) is 4. The van der Waals surface area contributed by atoms with Crippen LogP contribution in [0.25, 0.3) is 16.6 Å². The van der Waals surface area contributed by atoms with E-state index in [1.54, 1.807) is 28.9 Å². The van der Waals surface area contributed by atoms with E-state index in [-0.39, 0.29) is 16.5 Å². The van der Waals surface area contributed by atoms with Crippen LogP contribution in [0.3, 0.4) is 0 Å². The molecule has 0 amide bonds. The maximum Gasteiger partial charge on any atom is 0.226 e. The summed E-state index contributed by atoms with van der Waals surface area (Å²) in [4.78, 5) is 20.7. The predicted molar refractivity (Wildman–Crippen MR) is 73.3 cm³/mol. The lowest BCUT2D eigenvalue weighted by Gasteiger charge is -2.07. The molecule has 0 fully saturated rings. The first kappa shape index (κ1) is 11.7. The Labute approximate surface area is 112 Å². The van der Waals surface area contributed by atoms with Gasteiger partial charge in [-0.05, 0) is 18.4 Å². The summed E-state index contributed by atoms with van der Waals surface area (Å²) in [5.74, 6) is 0. The van der Waals surface area contributed by atoms with Crippen LogP contribution in [0.5, 0.6) is 0 Å². The predicted octanol–water partition coefficient (Wildman–Crippen LogP) is 1.84. The first-order chi connectivity index (χ1) is 9.26. The number of thioether (sulfide) groups is 1. The lowest BCUT2D eigenvalue weighted by atomic mass is 10.2. The highest BCUT2D eigenvalue weighted by atomic mass is 32.2. The first-order valence-electron chi connectivity index (χ1n) is 5.50. The number of nitriles is 1. The van der Waals surface area contributed by atoms with Crippen LogP contribution in [0.4, 0.5) is 0 Å². The van der Waals surface area contributed by atoms with E-state index in [0.717, 1.165) is 0 Å². The van der Waals surface area contributed by atoms with Gasteiger partial charge in [0.15, 0.2) is 5.16 Å². The number of hydrogen-bond acceptors (Lipinski definition) is 5. The van der Waals surface area contributed by atoms with Crippen LogP contribution >= 0.6 is 11.8 Å². The Balaban J connectivity index is 2.63. The van der Waals surface area contributed by atoms with Crippen molar-refractivity contribution in [1.29, 1.82) is 5.26 Å². The average Bonchev–Trinajstić information content (AvgIpc) is 2.47. The third kappa shape index (κ3) is 1.67. The molecule has 0 radical (unpaired) electrons. The summed E-state index contributed by atoms with van der Waals surface area (Å²) in [6.45, 7) is 0. The average molecular weight is 268 g/mol. The van der Waals surface area contributed by atoms with E-state index in [9.17, 15) is 10.1 Å². The highest BCUT2D eigenvalue weighted by molar-refractivity contribution is 7.98. The van der Waals surface area contributed by atoms with Crippen LogP contribution in [0, 0.1) is 11.3 Å². The molecule has 0 aliphatic rings. The van der Waals surface area contributed by atoms with E-state index in [1.807, 2.05) is 18.4 Å². The molecule has 0 saturated heterocycles. The molecule has 0 aromatic carbocycles. The van der Waals surface area contributed by atoms with Gasteiger partial charge in [-0.1, -0.05) is 17.8 Å². The second kappa shape index (κ2) is 4.37. The van der Waals surface area contributed by atoms with Crippen molar-refractivity contribution in [3.05, 3.63) is 46.4 Å². The van der Waals surface area contributed by atoms with Crippen LogP contribution in [0.1, 0.15) is 5.56 Å². The highest BCUT2D eigenvalue weighted by Gasteiger charge is 2.13. The zero-order valence-corrected chi connectivity index (χ0v) is 10.8. The van der Waals surface area contributed by atoms with Crippen LogP contribution in [-0.4, -0.2) is 20.6 Å². The third-order valence-corrected chi connectivity index (χ3v) is 3.42. The van der Waals surface area contributed by atoms with Gasteiger partial charge in [0.05, 0.1) is 17.2 Å². The standard InChI is InChI=1S/C13H8N4OS/c1-19-13-15-7-10-11(16-13)12(18)8(6-14)9-4-2-3-5-17(9)10/h2-5,7H,1H3. The molecule has 0 N–H and O–H groups in total. The van der Waals surface area contributed by atoms with Crippen molar-refractivity contribution < 1.29 is 0 Å². The zero-order valence-electron chi connectivity index (χ0n) is 9.99. The van der Waals surface area contributed by atoms with Gasteiger partial charge >= 0.3 is 0 Å². The largest absolute Gasteiger partial charge is 0.312 e. The Morgan fingerprint density at radius 3 is 2.95 bits per heavy atom. The lowest BCUT2D eigenvalue weighted by Crippen LogP contribution is -2.13. The fourth-order valence-electron chi connectivity index (χ4n) is 2.00. The first-order valence-corrected chi connectivity index (χ1v) is 6.73.